The molecule has 1 fully saturated rings. The minimum absolute atomic E-state index is 0.144. The summed E-state index contributed by atoms with van der Waals surface area (Å²) >= 11 is 0. The zero-order valence-electron chi connectivity index (χ0n) is 15.5. The number of hydrogen-bond donors (Lipinski definition) is 2. The molecule has 0 unspecified atom stereocenters. The largest absolute Gasteiger partial charge is 0.462 e. The van der Waals surface area contributed by atoms with Gasteiger partial charge in [0.05, 0.1) is 17.7 Å². The monoisotopic (exact) mass is 353 g/mol. The van der Waals surface area contributed by atoms with Gasteiger partial charge in [0.25, 0.3) is 0 Å². The van der Waals surface area contributed by atoms with Gasteiger partial charge >= 0.3 is 5.97 Å². The molecule has 2 heterocycles. The highest BCUT2D eigenvalue weighted by Crippen LogP contribution is 2.35. The van der Waals surface area contributed by atoms with Gasteiger partial charge in [0.15, 0.2) is 0 Å². The van der Waals surface area contributed by atoms with E-state index in [-0.39, 0.29) is 11.5 Å². The molecule has 0 saturated carbocycles. The summed E-state index contributed by atoms with van der Waals surface area (Å²) in [6.07, 6.45) is 4.38. The molecular weight excluding hydrogens is 326 g/mol. The minimum Gasteiger partial charge on any atom is -0.462 e. The zero-order chi connectivity index (χ0) is 18.4. The van der Waals surface area contributed by atoms with E-state index in [1.54, 1.807) is 6.20 Å². The van der Waals surface area contributed by atoms with Gasteiger partial charge in [-0.2, -0.15) is 0 Å². The summed E-state index contributed by atoms with van der Waals surface area (Å²) in [5, 5.41) is 7.17. The SMILES string of the molecule is CCOC(=O)c1cnc(NC2(c3ccccc3)CCNCC2)c(CC)c1. The number of nitrogens with one attached hydrogen (secondary N) is 2. The van der Waals surface area contributed by atoms with E-state index in [2.05, 4.69) is 46.8 Å². The number of piperidine rings is 1. The van der Waals surface area contributed by atoms with Gasteiger partial charge in [0.2, 0.25) is 0 Å². The Morgan fingerprint density at radius 3 is 2.62 bits per heavy atom. The molecule has 3 rings (SSSR count). The summed E-state index contributed by atoms with van der Waals surface area (Å²) < 4.78 is 5.10. The molecule has 5 heteroatoms. The number of ether oxygens (including phenoxy) is 1. The smallest absolute Gasteiger partial charge is 0.339 e. The quantitative estimate of drug-likeness (QED) is 0.778. The van der Waals surface area contributed by atoms with Crippen molar-refractivity contribution in [2.75, 3.05) is 25.0 Å². The standard InChI is InChI=1S/C21H27N3O2/c1-3-16-14-17(20(25)26-4-2)15-23-19(16)24-21(10-12-22-13-11-21)18-8-6-5-7-9-18/h5-9,14-15,22H,3-4,10-13H2,1-2H3,(H,23,24). The van der Waals surface area contributed by atoms with Crippen LogP contribution in [0.5, 0.6) is 0 Å². The van der Waals surface area contributed by atoms with Gasteiger partial charge in [-0.3, -0.25) is 0 Å². The van der Waals surface area contributed by atoms with Gasteiger partial charge in [-0.05, 0) is 56.5 Å². The Balaban J connectivity index is 1.93. The fraction of sp³-hybridized carbons (Fsp3) is 0.429. The molecule has 26 heavy (non-hydrogen) atoms. The van der Waals surface area contributed by atoms with Crippen LogP contribution in [0, 0.1) is 0 Å². The maximum absolute atomic E-state index is 12.0. The van der Waals surface area contributed by atoms with E-state index in [9.17, 15) is 4.79 Å². The summed E-state index contributed by atoms with van der Waals surface area (Å²) in [7, 11) is 0. The van der Waals surface area contributed by atoms with Crippen LogP contribution in [0.4, 0.5) is 5.82 Å². The summed E-state index contributed by atoms with van der Waals surface area (Å²) in [5.41, 5.74) is 2.67. The molecule has 138 valence electrons. The van der Waals surface area contributed by atoms with Crippen LogP contribution >= 0.6 is 0 Å². The van der Waals surface area contributed by atoms with Crippen LogP contribution < -0.4 is 10.6 Å². The minimum atomic E-state index is -0.319. The predicted molar refractivity (Wildman–Crippen MR) is 103 cm³/mol. The molecule has 0 radical (unpaired) electrons. The zero-order valence-corrected chi connectivity index (χ0v) is 15.5. The maximum Gasteiger partial charge on any atom is 0.339 e. The summed E-state index contributed by atoms with van der Waals surface area (Å²) in [6.45, 7) is 6.18. The first-order chi connectivity index (χ1) is 12.7. The molecule has 5 nitrogen and oxygen atoms in total. The number of esters is 1. The first kappa shape index (κ1) is 18.4. The molecule has 1 aliphatic heterocycles. The number of pyridine rings is 1. The first-order valence-electron chi connectivity index (χ1n) is 9.39. The van der Waals surface area contributed by atoms with E-state index in [0.29, 0.717) is 12.2 Å². The predicted octanol–water partition coefficient (Wildman–Crippen LogP) is 3.51. The van der Waals surface area contributed by atoms with Crippen LogP contribution in [0.1, 0.15) is 48.2 Å². The number of anilines is 1. The topological polar surface area (TPSA) is 63.2 Å². The Kier molecular flexibility index (Phi) is 5.89. The number of hydrogen-bond acceptors (Lipinski definition) is 5. The van der Waals surface area contributed by atoms with Crippen LogP contribution in [0.2, 0.25) is 0 Å². The summed E-state index contributed by atoms with van der Waals surface area (Å²) in [4.78, 5) is 16.6. The van der Waals surface area contributed by atoms with Crippen LogP contribution in [0.25, 0.3) is 0 Å². The van der Waals surface area contributed by atoms with Crippen molar-refractivity contribution in [3.63, 3.8) is 0 Å². The number of aromatic nitrogens is 1. The second kappa shape index (κ2) is 8.32. The van der Waals surface area contributed by atoms with E-state index >= 15 is 0 Å². The van der Waals surface area contributed by atoms with Crippen LogP contribution in [-0.2, 0) is 16.7 Å². The van der Waals surface area contributed by atoms with E-state index in [1.807, 2.05) is 19.1 Å². The van der Waals surface area contributed by atoms with Crippen molar-refractivity contribution < 1.29 is 9.53 Å². The Morgan fingerprint density at radius 2 is 1.96 bits per heavy atom. The highest BCUT2D eigenvalue weighted by molar-refractivity contribution is 5.89. The molecule has 0 spiro atoms. The van der Waals surface area contributed by atoms with Crippen molar-refractivity contribution in [2.45, 2.75) is 38.6 Å². The highest BCUT2D eigenvalue weighted by Gasteiger charge is 2.34. The Bertz CT molecular complexity index is 740. The van der Waals surface area contributed by atoms with Crippen molar-refractivity contribution in [3.05, 3.63) is 59.3 Å². The molecule has 1 saturated heterocycles. The maximum atomic E-state index is 12.0. The number of benzene rings is 1. The van der Waals surface area contributed by atoms with Crippen molar-refractivity contribution in [1.29, 1.82) is 0 Å². The number of nitrogens with zero attached hydrogens (tertiary/aromatic N) is 1. The normalized spacial score (nSPS) is 16.1. The third-order valence-electron chi connectivity index (χ3n) is 5.00. The lowest BCUT2D eigenvalue weighted by Gasteiger charge is -2.40. The first-order valence-corrected chi connectivity index (χ1v) is 9.39. The van der Waals surface area contributed by atoms with E-state index in [4.69, 9.17) is 4.74 Å². The van der Waals surface area contributed by atoms with E-state index in [1.165, 1.54) is 5.56 Å². The van der Waals surface area contributed by atoms with Crippen molar-refractivity contribution >= 4 is 11.8 Å². The van der Waals surface area contributed by atoms with Crippen molar-refractivity contribution in [1.82, 2.24) is 10.3 Å². The Morgan fingerprint density at radius 1 is 1.23 bits per heavy atom. The lowest BCUT2D eigenvalue weighted by atomic mass is 9.81. The third kappa shape index (κ3) is 3.88. The van der Waals surface area contributed by atoms with E-state index in [0.717, 1.165) is 43.7 Å². The van der Waals surface area contributed by atoms with Crippen LogP contribution in [0.3, 0.4) is 0 Å². The Labute approximate surface area is 155 Å². The average Bonchev–Trinajstić information content (AvgIpc) is 2.70. The van der Waals surface area contributed by atoms with Gasteiger partial charge < -0.3 is 15.4 Å². The van der Waals surface area contributed by atoms with Crippen molar-refractivity contribution in [2.24, 2.45) is 0 Å². The molecule has 2 N–H and O–H groups in total. The van der Waals surface area contributed by atoms with Gasteiger partial charge in [-0.15, -0.1) is 0 Å². The fourth-order valence-electron chi connectivity index (χ4n) is 3.54. The highest BCUT2D eigenvalue weighted by atomic mass is 16.5. The second-order valence-electron chi connectivity index (χ2n) is 6.63. The molecule has 0 bridgehead atoms. The molecule has 1 aliphatic rings. The second-order valence-corrected chi connectivity index (χ2v) is 6.63. The third-order valence-corrected chi connectivity index (χ3v) is 5.00. The van der Waals surface area contributed by atoms with Gasteiger partial charge in [0.1, 0.15) is 5.82 Å². The van der Waals surface area contributed by atoms with Crippen LogP contribution in [-0.4, -0.2) is 30.6 Å². The number of aryl methyl sites for hydroxylation is 1. The molecule has 0 aliphatic carbocycles. The van der Waals surface area contributed by atoms with E-state index < -0.39 is 0 Å². The number of rotatable bonds is 6. The van der Waals surface area contributed by atoms with Crippen LogP contribution in [0.15, 0.2) is 42.6 Å². The molecule has 1 aromatic carbocycles. The lowest BCUT2D eigenvalue weighted by molar-refractivity contribution is 0.0526. The van der Waals surface area contributed by atoms with Gasteiger partial charge in [-0.25, -0.2) is 9.78 Å². The molecule has 2 aromatic rings. The van der Waals surface area contributed by atoms with Gasteiger partial charge in [0, 0.05) is 6.20 Å². The van der Waals surface area contributed by atoms with Crippen molar-refractivity contribution in [3.8, 4) is 0 Å². The molecule has 0 amide bonds. The molecular formula is C21H27N3O2. The van der Waals surface area contributed by atoms with Gasteiger partial charge in [-0.1, -0.05) is 37.3 Å². The summed E-state index contributed by atoms with van der Waals surface area (Å²) in [6, 6.07) is 12.5. The number of carbonyl (C=O) groups is 1. The molecule has 1 aromatic heterocycles. The molecule has 0 atom stereocenters. The summed E-state index contributed by atoms with van der Waals surface area (Å²) in [5.74, 6) is 0.534. The number of carbonyl (C=O) groups excluding carboxylic acids is 1. The fourth-order valence-corrected chi connectivity index (χ4v) is 3.54. The Hall–Kier alpha value is -2.40. The lowest BCUT2D eigenvalue weighted by Crippen LogP contribution is -2.45. The average molecular weight is 353 g/mol.